The van der Waals surface area contributed by atoms with Crippen LogP contribution in [0.2, 0.25) is 0 Å². The predicted molar refractivity (Wildman–Crippen MR) is 101 cm³/mol. The van der Waals surface area contributed by atoms with E-state index < -0.39 is 66.7 Å². The van der Waals surface area contributed by atoms with Crippen LogP contribution >= 0.6 is 0 Å². The second-order valence-electron chi connectivity index (χ2n) is 8.44. The van der Waals surface area contributed by atoms with Crippen molar-refractivity contribution in [3.05, 3.63) is 35.9 Å². The van der Waals surface area contributed by atoms with Crippen LogP contribution in [0.4, 0.5) is 0 Å². The van der Waals surface area contributed by atoms with Gasteiger partial charge in [0.25, 0.3) is 0 Å². The Morgan fingerprint density at radius 1 is 1.00 bits per heavy atom. The minimum absolute atomic E-state index is 0.254. The van der Waals surface area contributed by atoms with Crippen LogP contribution in [-0.2, 0) is 35.1 Å². The Kier molecular flexibility index (Phi) is 5.99. The molecule has 1 unspecified atom stereocenters. The predicted octanol–water partition coefficient (Wildman–Crippen LogP) is 0.0924. The molecule has 3 fully saturated rings. The smallest absolute Gasteiger partial charge is 0.190 e. The summed E-state index contributed by atoms with van der Waals surface area (Å²) in [4.78, 5) is 12.3. The molecule has 9 nitrogen and oxygen atoms in total. The van der Waals surface area contributed by atoms with Crippen molar-refractivity contribution in [2.24, 2.45) is 5.92 Å². The summed E-state index contributed by atoms with van der Waals surface area (Å²) in [5.41, 5.74) is 0.932. The van der Waals surface area contributed by atoms with Gasteiger partial charge in [0, 0.05) is 0 Å². The lowest BCUT2D eigenvalue weighted by Gasteiger charge is -2.43. The summed E-state index contributed by atoms with van der Waals surface area (Å²) in [5.74, 6) is -2.39. The molecule has 9 heteroatoms. The zero-order valence-electron chi connectivity index (χ0n) is 17.1. The van der Waals surface area contributed by atoms with Gasteiger partial charge in [0.15, 0.2) is 18.4 Å². The van der Waals surface area contributed by atoms with E-state index in [1.54, 1.807) is 13.8 Å². The summed E-state index contributed by atoms with van der Waals surface area (Å²) in [6, 6.07) is 9.52. The summed E-state index contributed by atoms with van der Waals surface area (Å²) >= 11 is 0. The molecule has 0 aliphatic carbocycles. The quantitative estimate of drug-likeness (QED) is 0.603. The number of aliphatic hydroxyl groups is 3. The van der Waals surface area contributed by atoms with Crippen LogP contribution in [0.1, 0.15) is 26.3 Å². The Balaban J connectivity index is 1.60. The second kappa shape index (κ2) is 8.25. The normalized spacial score (nSPS) is 42.8. The highest BCUT2D eigenvalue weighted by molar-refractivity contribution is 5.80. The van der Waals surface area contributed by atoms with E-state index in [0.717, 1.165) is 5.56 Å². The fourth-order valence-corrected chi connectivity index (χ4v) is 4.38. The molecule has 0 bridgehead atoms. The van der Waals surface area contributed by atoms with Gasteiger partial charge < -0.3 is 39.0 Å². The van der Waals surface area contributed by atoms with Crippen molar-refractivity contribution in [2.75, 3.05) is 0 Å². The molecule has 166 valence electrons. The van der Waals surface area contributed by atoms with E-state index in [1.165, 1.54) is 6.92 Å². The first-order valence-electron chi connectivity index (χ1n) is 10.0. The van der Waals surface area contributed by atoms with Gasteiger partial charge in [-0.05, 0) is 26.3 Å². The van der Waals surface area contributed by atoms with E-state index in [0.29, 0.717) is 0 Å². The van der Waals surface area contributed by atoms with Gasteiger partial charge in [-0.2, -0.15) is 0 Å². The number of carbonyl (C=O) groups is 1. The number of hydrogen-bond acceptors (Lipinski definition) is 9. The minimum atomic E-state index is -1.67. The molecule has 4 rings (SSSR count). The van der Waals surface area contributed by atoms with Crippen molar-refractivity contribution in [1.82, 2.24) is 0 Å². The number of benzene rings is 1. The van der Waals surface area contributed by atoms with E-state index in [2.05, 4.69) is 0 Å². The van der Waals surface area contributed by atoms with Crippen LogP contribution in [0.3, 0.4) is 0 Å². The van der Waals surface area contributed by atoms with E-state index in [4.69, 9.17) is 23.7 Å². The third kappa shape index (κ3) is 4.04. The Labute approximate surface area is 174 Å². The molecule has 0 aromatic heterocycles. The van der Waals surface area contributed by atoms with Crippen molar-refractivity contribution >= 4 is 5.78 Å². The first kappa shape index (κ1) is 21.8. The number of fused-ring (bicyclic) bond motifs is 1. The third-order valence-electron chi connectivity index (χ3n) is 5.77. The third-order valence-corrected chi connectivity index (χ3v) is 5.77. The topological polar surface area (TPSA) is 124 Å². The zero-order valence-corrected chi connectivity index (χ0v) is 17.1. The molecule has 3 N–H and O–H groups in total. The van der Waals surface area contributed by atoms with Gasteiger partial charge in [-0.25, -0.2) is 0 Å². The fourth-order valence-electron chi connectivity index (χ4n) is 4.38. The van der Waals surface area contributed by atoms with Crippen LogP contribution < -0.4 is 0 Å². The van der Waals surface area contributed by atoms with Crippen molar-refractivity contribution in [3.63, 3.8) is 0 Å². The van der Waals surface area contributed by atoms with E-state index >= 15 is 0 Å². The number of carbonyl (C=O) groups excluding carboxylic acids is 1. The lowest BCUT2D eigenvalue weighted by molar-refractivity contribution is -0.300. The van der Waals surface area contributed by atoms with Crippen LogP contribution in [0.15, 0.2) is 30.3 Å². The van der Waals surface area contributed by atoms with E-state index in [9.17, 15) is 20.1 Å². The van der Waals surface area contributed by atoms with Gasteiger partial charge in [-0.3, -0.25) is 4.79 Å². The average molecular weight is 424 g/mol. The van der Waals surface area contributed by atoms with Gasteiger partial charge in [0.1, 0.15) is 36.3 Å². The molecular weight excluding hydrogens is 396 g/mol. The van der Waals surface area contributed by atoms with Crippen molar-refractivity contribution in [3.8, 4) is 0 Å². The molecule has 30 heavy (non-hydrogen) atoms. The second-order valence-corrected chi connectivity index (χ2v) is 8.44. The number of ether oxygens (including phenoxy) is 5. The number of aliphatic hydroxyl groups excluding tert-OH is 3. The largest absolute Gasteiger partial charge is 0.389 e. The maximum Gasteiger partial charge on any atom is 0.190 e. The lowest BCUT2D eigenvalue weighted by atomic mass is 9.82. The number of Topliss-reactive ketones (excluding diaryl/α,β-unsaturated/α-hetero) is 1. The average Bonchev–Trinajstić information content (AvgIpc) is 3.16. The number of rotatable bonds is 5. The standard InChI is InChI=1S/C21H28O9/c1-10(22)12-13(23)14(24)19(25)27-15(12)17-16(26-9-11-7-5-4-6-8-11)18-20(28-17)30-21(2,3)29-18/h4-8,12-20,23-25H,9H2,1-3H3/t12-,13+,14-,15+,16-,17+,18+,19?,20-/m1/s1. The fraction of sp³-hybridized carbons (Fsp3) is 0.667. The molecule has 3 heterocycles. The summed E-state index contributed by atoms with van der Waals surface area (Å²) in [5, 5.41) is 30.5. The summed E-state index contributed by atoms with van der Waals surface area (Å²) in [6.07, 6.45) is -8.76. The molecule has 9 atom stereocenters. The molecule has 1 aromatic rings. The molecule has 0 spiro atoms. The maximum atomic E-state index is 12.3. The van der Waals surface area contributed by atoms with E-state index in [-0.39, 0.29) is 6.61 Å². The molecule has 3 saturated heterocycles. The van der Waals surface area contributed by atoms with Crippen LogP contribution in [-0.4, -0.2) is 76.1 Å². The number of ketones is 1. The van der Waals surface area contributed by atoms with Gasteiger partial charge in [-0.15, -0.1) is 0 Å². The highest BCUT2D eigenvalue weighted by Gasteiger charge is 2.61. The first-order valence-corrected chi connectivity index (χ1v) is 10.0. The lowest BCUT2D eigenvalue weighted by Crippen LogP contribution is -2.61. The SMILES string of the molecule is CC(=O)[C@@H]1[C@H](O)[C@@H](O)C(O)O[C@@H]1[C@@H]1O[C@@H]2OC(C)(C)O[C@H]2[C@@H]1OCc1ccccc1. The first-order chi connectivity index (χ1) is 14.2. The minimum Gasteiger partial charge on any atom is -0.389 e. The summed E-state index contributed by atoms with van der Waals surface area (Å²) in [6.45, 7) is 5.07. The Hall–Kier alpha value is -1.43. The Bertz CT molecular complexity index is 754. The summed E-state index contributed by atoms with van der Waals surface area (Å²) in [7, 11) is 0. The summed E-state index contributed by atoms with van der Waals surface area (Å²) < 4.78 is 29.5. The molecule has 1 aromatic carbocycles. The molecule has 0 saturated carbocycles. The zero-order chi connectivity index (χ0) is 21.6. The van der Waals surface area contributed by atoms with Crippen LogP contribution in [0, 0.1) is 5.92 Å². The molecule has 3 aliphatic rings. The maximum absolute atomic E-state index is 12.3. The highest BCUT2D eigenvalue weighted by Crippen LogP contribution is 2.43. The monoisotopic (exact) mass is 424 g/mol. The van der Waals surface area contributed by atoms with Crippen LogP contribution in [0.25, 0.3) is 0 Å². The van der Waals surface area contributed by atoms with Gasteiger partial charge in [-0.1, -0.05) is 30.3 Å². The van der Waals surface area contributed by atoms with Gasteiger partial charge in [0.2, 0.25) is 0 Å². The Morgan fingerprint density at radius 2 is 1.70 bits per heavy atom. The van der Waals surface area contributed by atoms with E-state index in [1.807, 2.05) is 30.3 Å². The molecule has 3 aliphatic heterocycles. The highest BCUT2D eigenvalue weighted by atomic mass is 16.8. The van der Waals surface area contributed by atoms with Crippen molar-refractivity contribution in [1.29, 1.82) is 0 Å². The number of hydrogen-bond donors (Lipinski definition) is 3. The van der Waals surface area contributed by atoms with Crippen molar-refractivity contribution in [2.45, 2.75) is 82.4 Å². The molecule has 0 radical (unpaired) electrons. The molecular formula is C21H28O9. The van der Waals surface area contributed by atoms with Crippen molar-refractivity contribution < 1.29 is 43.8 Å². The Morgan fingerprint density at radius 3 is 2.37 bits per heavy atom. The van der Waals surface area contributed by atoms with Gasteiger partial charge >= 0.3 is 0 Å². The van der Waals surface area contributed by atoms with Crippen LogP contribution in [0.5, 0.6) is 0 Å². The van der Waals surface area contributed by atoms with Gasteiger partial charge in [0.05, 0.1) is 18.6 Å². The molecule has 0 amide bonds.